The summed E-state index contributed by atoms with van der Waals surface area (Å²) in [5.74, 6) is -1.75. The summed E-state index contributed by atoms with van der Waals surface area (Å²) in [6.07, 6.45) is -5.19. The first kappa shape index (κ1) is 19.8. The minimum absolute atomic E-state index is 0.100. The van der Waals surface area contributed by atoms with Crippen molar-refractivity contribution in [3.05, 3.63) is 29.8 Å². The zero-order valence-electron chi connectivity index (χ0n) is 13.2. The van der Waals surface area contributed by atoms with Gasteiger partial charge in [0, 0.05) is 6.42 Å². The van der Waals surface area contributed by atoms with Gasteiger partial charge in [-0.3, -0.25) is 4.79 Å². The summed E-state index contributed by atoms with van der Waals surface area (Å²) in [6.45, 7) is 2.58. The Bertz CT molecular complexity index is 543. The standard InChI is InChI=1S/C16H20F3NO4/c1-2-9-24-12-6-3-11(4-7-12)5-8-14(21)20-13(15(22)23)10-16(17,18)19/h3-4,6-7,13H,2,5,8-10H2,1H3,(H,20,21)(H,22,23). The molecule has 1 aromatic carbocycles. The van der Waals surface area contributed by atoms with Crippen molar-refractivity contribution in [1.29, 1.82) is 0 Å². The van der Waals surface area contributed by atoms with E-state index in [4.69, 9.17) is 9.84 Å². The fourth-order valence-electron chi connectivity index (χ4n) is 1.93. The number of halogens is 3. The van der Waals surface area contributed by atoms with Crippen LogP contribution >= 0.6 is 0 Å². The number of carbonyl (C=O) groups is 2. The molecule has 0 spiro atoms. The number of hydrogen-bond donors (Lipinski definition) is 2. The molecular formula is C16H20F3NO4. The second-order valence-electron chi connectivity index (χ2n) is 5.27. The van der Waals surface area contributed by atoms with Gasteiger partial charge in [0.1, 0.15) is 11.8 Å². The van der Waals surface area contributed by atoms with Gasteiger partial charge >= 0.3 is 12.1 Å². The highest BCUT2D eigenvalue weighted by molar-refractivity contribution is 5.83. The average molecular weight is 347 g/mol. The van der Waals surface area contributed by atoms with E-state index in [0.29, 0.717) is 12.4 Å². The Morgan fingerprint density at radius 1 is 1.25 bits per heavy atom. The van der Waals surface area contributed by atoms with Gasteiger partial charge in [-0.2, -0.15) is 13.2 Å². The molecular weight excluding hydrogens is 327 g/mol. The molecule has 1 aromatic rings. The van der Waals surface area contributed by atoms with Gasteiger partial charge in [0.25, 0.3) is 0 Å². The molecule has 0 bridgehead atoms. The second kappa shape index (κ2) is 9.14. The molecule has 2 N–H and O–H groups in total. The van der Waals surface area contributed by atoms with E-state index in [-0.39, 0.29) is 12.8 Å². The summed E-state index contributed by atoms with van der Waals surface area (Å²) in [5.41, 5.74) is 0.802. The molecule has 1 atom stereocenters. The van der Waals surface area contributed by atoms with Crippen molar-refractivity contribution in [2.75, 3.05) is 6.61 Å². The largest absolute Gasteiger partial charge is 0.494 e. The van der Waals surface area contributed by atoms with Crippen molar-refractivity contribution < 1.29 is 32.6 Å². The lowest BCUT2D eigenvalue weighted by atomic mass is 10.1. The summed E-state index contributed by atoms with van der Waals surface area (Å²) in [6, 6.07) is 5.02. The van der Waals surface area contributed by atoms with Gasteiger partial charge in [0.15, 0.2) is 0 Å². The predicted molar refractivity (Wildman–Crippen MR) is 80.8 cm³/mol. The third-order valence-corrected chi connectivity index (χ3v) is 3.11. The lowest BCUT2D eigenvalue weighted by Crippen LogP contribution is -2.43. The van der Waals surface area contributed by atoms with Crippen LogP contribution in [-0.4, -0.2) is 35.8 Å². The number of carboxylic acids is 1. The SMILES string of the molecule is CCCOc1ccc(CCC(=O)NC(CC(F)(F)F)C(=O)O)cc1. The van der Waals surface area contributed by atoms with Crippen LogP contribution in [-0.2, 0) is 16.0 Å². The summed E-state index contributed by atoms with van der Waals surface area (Å²) < 4.78 is 42.2. The van der Waals surface area contributed by atoms with E-state index in [9.17, 15) is 22.8 Å². The molecule has 134 valence electrons. The van der Waals surface area contributed by atoms with Gasteiger partial charge in [0.2, 0.25) is 5.91 Å². The van der Waals surface area contributed by atoms with Crippen molar-refractivity contribution in [3.63, 3.8) is 0 Å². The van der Waals surface area contributed by atoms with Gasteiger partial charge in [-0.25, -0.2) is 4.79 Å². The fourth-order valence-corrected chi connectivity index (χ4v) is 1.93. The molecule has 24 heavy (non-hydrogen) atoms. The Labute approximate surface area is 137 Å². The number of aliphatic carboxylic acids is 1. The molecule has 0 heterocycles. The van der Waals surface area contributed by atoms with Gasteiger partial charge in [0.05, 0.1) is 13.0 Å². The first-order chi connectivity index (χ1) is 11.2. The molecule has 0 aromatic heterocycles. The molecule has 8 heteroatoms. The van der Waals surface area contributed by atoms with Crippen LogP contribution in [0.25, 0.3) is 0 Å². The van der Waals surface area contributed by atoms with Crippen LogP contribution in [0.2, 0.25) is 0 Å². The molecule has 0 radical (unpaired) electrons. The molecule has 0 aliphatic heterocycles. The maximum atomic E-state index is 12.3. The first-order valence-electron chi connectivity index (χ1n) is 7.52. The maximum absolute atomic E-state index is 12.3. The highest BCUT2D eigenvalue weighted by Crippen LogP contribution is 2.21. The number of hydrogen-bond acceptors (Lipinski definition) is 3. The van der Waals surface area contributed by atoms with Gasteiger partial charge in [-0.05, 0) is 30.5 Å². The van der Waals surface area contributed by atoms with Crippen molar-refractivity contribution in [3.8, 4) is 5.75 Å². The van der Waals surface area contributed by atoms with E-state index in [1.165, 1.54) is 0 Å². The van der Waals surface area contributed by atoms with Crippen LogP contribution in [0.3, 0.4) is 0 Å². The topological polar surface area (TPSA) is 75.6 Å². The molecule has 0 aliphatic carbocycles. The van der Waals surface area contributed by atoms with E-state index in [0.717, 1.165) is 12.0 Å². The van der Waals surface area contributed by atoms with Gasteiger partial charge in [-0.1, -0.05) is 19.1 Å². The highest BCUT2D eigenvalue weighted by Gasteiger charge is 2.36. The average Bonchev–Trinajstić information content (AvgIpc) is 2.50. The fraction of sp³-hybridized carbons (Fsp3) is 0.500. The number of nitrogens with one attached hydrogen (secondary N) is 1. The van der Waals surface area contributed by atoms with Crippen molar-refractivity contribution in [1.82, 2.24) is 5.32 Å². The monoisotopic (exact) mass is 347 g/mol. The van der Waals surface area contributed by atoms with Crippen LogP contribution in [0.15, 0.2) is 24.3 Å². The number of ether oxygens (including phenoxy) is 1. The zero-order chi connectivity index (χ0) is 18.2. The van der Waals surface area contributed by atoms with E-state index < -0.39 is 30.5 Å². The number of aryl methyl sites for hydroxylation is 1. The van der Waals surface area contributed by atoms with E-state index in [1.54, 1.807) is 24.3 Å². The number of alkyl halides is 3. The summed E-state index contributed by atoms with van der Waals surface area (Å²) in [7, 11) is 0. The Kier molecular flexibility index (Phi) is 7.54. The first-order valence-corrected chi connectivity index (χ1v) is 7.52. The Balaban J connectivity index is 2.48. The molecule has 0 saturated heterocycles. The third-order valence-electron chi connectivity index (χ3n) is 3.11. The van der Waals surface area contributed by atoms with Gasteiger partial charge in [-0.15, -0.1) is 0 Å². The molecule has 1 rings (SSSR count). The van der Waals surface area contributed by atoms with E-state index in [1.807, 2.05) is 12.2 Å². The Morgan fingerprint density at radius 3 is 2.38 bits per heavy atom. The molecule has 1 unspecified atom stereocenters. The summed E-state index contributed by atoms with van der Waals surface area (Å²) in [4.78, 5) is 22.4. The smallest absolute Gasteiger partial charge is 0.391 e. The number of carboxylic acid groups (broad SMARTS) is 1. The minimum atomic E-state index is -4.66. The van der Waals surface area contributed by atoms with Crippen LogP contribution in [0.1, 0.15) is 31.7 Å². The quantitative estimate of drug-likeness (QED) is 0.720. The number of rotatable bonds is 9. The number of benzene rings is 1. The molecule has 0 fully saturated rings. The zero-order valence-corrected chi connectivity index (χ0v) is 13.2. The van der Waals surface area contributed by atoms with Crippen LogP contribution in [0.4, 0.5) is 13.2 Å². The molecule has 5 nitrogen and oxygen atoms in total. The van der Waals surface area contributed by atoms with E-state index >= 15 is 0 Å². The van der Waals surface area contributed by atoms with Gasteiger partial charge < -0.3 is 15.2 Å². The van der Waals surface area contributed by atoms with Crippen molar-refractivity contribution in [2.45, 2.75) is 44.8 Å². The number of amides is 1. The Hall–Kier alpha value is -2.25. The van der Waals surface area contributed by atoms with Crippen molar-refractivity contribution in [2.24, 2.45) is 0 Å². The third kappa shape index (κ3) is 7.85. The lowest BCUT2D eigenvalue weighted by Gasteiger charge is -2.16. The normalized spacial score (nSPS) is 12.5. The predicted octanol–water partition coefficient (Wildman–Crippen LogP) is 2.93. The lowest BCUT2D eigenvalue weighted by molar-refractivity contribution is -0.160. The van der Waals surface area contributed by atoms with Crippen molar-refractivity contribution >= 4 is 11.9 Å². The minimum Gasteiger partial charge on any atom is -0.494 e. The highest BCUT2D eigenvalue weighted by atomic mass is 19.4. The summed E-state index contributed by atoms with van der Waals surface area (Å²) >= 11 is 0. The molecule has 0 aliphatic rings. The maximum Gasteiger partial charge on any atom is 0.391 e. The van der Waals surface area contributed by atoms with Crippen LogP contribution in [0, 0.1) is 0 Å². The number of carbonyl (C=O) groups excluding carboxylic acids is 1. The Morgan fingerprint density at radius 2 is 1.88 bits per heavy atom. The second-order valence-corrected chi connectivity index (χ2v) is 5.27. The van der Waals surface area contributed by atoms with E-state index in [2.05, 4.69) is 0 Å². The molecule has 0 saturated carbocycles. The van der Waals surface area contributed by atoms with Crippen LogP contribution < -0.4 is 10.1 Å². The summed E-state index contributed by atoms with van der Waals surface area (Å²) in [5, 5.41) is 10.6. The molecule has 1 amide bonds. The van der Waals surface area contributed by atoms with Crippen LogP contribution in [0.5, 0.6) is 5.75 Å².